The smallest absolute Gasteiger partial charge is 0.227 e. The fourth-order valence-electron chi connectivity index (χ4n) is 4.58. The molecule has 0 unspecified atom stereocenters. The fourth-order valence-corrected chi connectivity index (χ4v) is 5.10. The topological polar surface area (TPSA) is 61.2 Å². The van der Waals surface area contributed by atoms with Gasteiger partial charge in [0.25, 0.3) is 0 Å². The fraction of sp³-hybridized carbons (Fsp3) is 0.154. The van der Waals surface area contributed by atoms with Crippen molar-refractivity contribution in [2.75, 3.05) is 18.7 Å². The third kappa shape index (κ3) is 3.43. The number of nitrogens with zero attached hydrogens (tertiary/aromatic N) is 3. The summed E-state index contributed by atoms with van der Waals surface area (Å²) in [4.78, 5) is 4.73. The van der Waals surface area contributed by atoms with Gasteiger partial charge in [-0.15, -0.1) is 5.10 Å². The number of rotatable bonds is 4. The number of hydrogen-bond donors (Lipinski definition) is 1. The van der Waals surface area contributed by atoms with Gasteiger partial charge in [-0.1, -0.05) is 65.8 Å². The number of hydrogen-bond acceptors (Lipinski definition) is 6. The van der Waals surface area contributed by atoms with Crippen LogP contribution in [-0.2, 0) is 0 Å². The van der Waals surface area contributed by atoms with Crippen LogP contribution in [-0.4, -0.2) is 28.1 Å². The highest BCUT2D eigenvalue weighted by Gasteiger charge is 2.41. The zero-order valence-electron chi connectivity index (χ0n) is 18.5. The van der Waals surface area contributed by atoms with Gasteiger partial charge in [-0.2, -0.15) is 4.98 Å². The second-order valence-corrected chi connectivity index (χ2v) is 9.26. The standard InChI is InChI=1S/C26H21ClN4O2S/c1-32-18-11-8-15(9-12-18)23-21-22(28-25-29-26(34-2)30-31(23)25)19-14-17(27)10-13-20(19)33-24(21)16-6-4-3-5-7-16/h3-14,23-24H,1-2H3,(H,28,29,30)/t23-,24+/m0/s1. The number of ether oxygens (including phenoxy) is 2. The largest absolute Gasteiger partial charge is 0.497 e. The number of methoxy groups -OCH3 is 1. The van der Waals surface area contributed by atoms with Crippen molar-refractivity contribution in [3.63, 3.8) is 0 Å². The molecule has 1 N–H and O–H groups in total. The van der Waals surface area contributed by atoms with E-state index >= 15 is 0 Å². The highest BCUT2D eigenvalue weighted by Crippen LogP contribution is 2.51. The van der Waals surface area contributed by atoms with E-state index in [0.717, 1.165) is 39.5 Å². The summed E-state index contributed by atoms with van der Waals surface area (Å²) in [5, 5.41) is 9.72. The molecule has 6 rings (SSSR count). The van der Waals surface area contributed by atoms with Crippen molar-refractivity contribution >= 4 is 35.0 Å². The first-order valence-electron chi connectivity index (χ1n) is 10.8. The summed E-state index contributed by atoms with van der Waals surface area (Å²) in [5.41, 5.74) is 5.03. The molecule has 2 aliphatic rings. The summed E-state index contributed by atoms with van der Waals surface area (Å²) in [6, 6.07) is 23.8. The lowest BCUT2D eigenvalue weighted by molar-refractivity contribution is 0.223. The van der Waals surface area contributed by atoms with Crippen LogP contribution in [0.5, 0.6) is 11.5 Å². The van der Waals surface area contributed by atoms with Crippen LogP contribution in [0, 0.1) is 0 Å². The van der Waals surface area contributed by atoms with Crippen LogP contribution in [0.15, 0.2) is 83.5 Å². The highest BCUT2D eigenvalue weighted by atomic mass is 35.5. The molecule has 2 atom stereocenters. The molecule has 3 aromatic carbocycles. The summed E-state index contributed by atoms with van der Waals surface area (Å²) in [7, 11) is 1.67. The van der Waals surface area contributed by atoms with E-state index in [9.17, 15) is 0 Å². The average molecular weight is 489 g/mol. The Labute approximate surface area is 206 Å². The summed E-state index contributed by atoms with van der Waals surface area (Å²) >= 11 is 7.93. The number of anilines is 1. The van der Waals surface area contributed by atoms with E-state index < -0.39 is 0 Å². The molecule has 4 aromatic rings. The third-order valence-corrected chi connectivity index (χ3v) is 6.90. The number of benzene rings is 3. The van der Waals surface area contributed by atoms with Gasteiger partial charge in [-0.25, -0.2) is 4.68 Å². The van der Waals surface area contributed by atoms with E-state index in [1.807, 2.05) is 59.5 Å². The lowest BCUT2D eigenvalue weighted by atomic mass is 9.84. The molecule has 2 aliphatic heterocycles. The van der Waals surface area contributed by atoms with Gasteiger partial charge in [0.2, 0.25) is 11.1 Å². The van der Waals surface area contributed by atoms with Crippen LogP contribution < -0.4 is 14.8 Å². The van der Waals surface area contributed by atoms with Crippen LogP contribution in [0.25, 0.3) is 5.70 Å². The van der Waals surface area contributed by atoms with Crippen molar-refractivity contribution < 1.29 is 9.47 Å². The Morgan fingerprint density at radius 3 is 2.56 bits per heavy atom. The predicted octanol–water partition coefficient (Wildman–Crippen LogP) is 6.22. The molecular weight excluding hydrogens is 468 g/mol. The molecule has 170 valence electrons. The van der Waals surface area contributed by atoms with Gasteiger partial charge in [0, 0.05) is 16.2 Å². The summed E-state index contributed by atoms with van der Waals surface area (Å²) < 4.78 is 14.0. The van der Waals surface area contributed by atoms with Crippen LogP contribution >= 0.6 is 23.4 Å². The number of aromatic nitrogens is 3. The van der Waals surface area contributed by atoms with Crippen molar-refractivity contribution in [2.45, 2.75) is 17.3 Å². The second kappa shape index (κ2) is 8.42. The Morgan fingerprint density at radius 1 is 1.03 bits per heavy atom. The van der Waals surface area contributed by atoms with Crippen molar-refractivity contribution in [1.82, 2.24) is 14.8 Å². The molecule has 0 saturated carbocycles. The van der Waals surface area contributed by atoms with Crippen LogP contribution in [0.3, 0.4) is 0 Å². The van der Waals surface area contributed by atoms with E-state index in [4.69, 9.17) is 31.2 Å². The highest BCUT2D eigenvalue weighted by molar-refractivity contribution is 7.98. The number of halogens is 1. The quantitative estimate of drug-likeness (QED) is 0.344. The zero-order valence-corrected chi connectivity index (χ0v) is 20.1. The predicted molar refractivity (Wildman–Crippen MR) is 135 cm³/mol. The molecular formula is C26H21ClN4O2S. The summed E-state index contributed by atoms with van der Waals surface area (Å²) in [6.45, 7) is 0. The SMILES string of the molecule is COc1ccc([C@H]2C3=C(Nc4nc(SC)nn42)c2cc(Cl)ccc2O[C@@H]3c2ccccc2)cc1. The molecule has 0 saturated heterocycles. The van der Waals surface area contributed by atoms with Gasteiger partial charge < -0.3 is 14.8 Å². The van der Waals surface area contributed by atoms with Gasteiger partial charge in [0.1, 0.15) is 23.6 Å². The minimum absolute atomic E-state index is 0.233. The molecule has 0 bridgehead atoms. The summed E-state index contributed by atoms with van der Waals surface area (Å²) in [6.07, 6.45) is 1.65. The van der Waals surface area contributed by atoms with Gasteiger partial charge in [0.05, 0.1) is 12.8 Å². The van der Waals surface area contributed by atoms with Gasteiger partial charge >= 0.3 is 0 Å². The maximum Gasteiger partial charge on any atom is 0.227 e. The van der Waals surface area contributed by atoms with Crippen molar-refractivity contribution in [2.24, 2.45) is 0 Å². The second-order valence-electron chi connectivity index (χ2n) is 8.05. The van der Waals surface area contributed by atoms with Crippen LogP contribution in [0.2, 0.25) is 5.02 Å². The Balaban J connectivity index is 1.63. The van der Waals surface area contributed by atoms with Crippen LogP contribution in [0.4, 0.5) is 5.95 Å². The van der Waals surface area contributed by atoms with Crippen molar-refractivity contribution in [3.8, 4) is 11.5 Å². The molecule has 3 heterocycles. The zero-order chi connectivity index (χ0) is 23.2. The van der Waals surface area contributed by atoms with E-state index in [0.29, 0.717) is 16.1 Å². The molecule has 1 aromatic heterocycles. The van der Waals surface area contributed by atoms with Gasteiger partial charge in [0.15, 0.2) is 0 Å². The molecule has 8 heteroatoms. The van der Waals surface area contributed by atoms with Crippen molar-refractivity contribution in [1.29, 1.82) is 0 Å². The number of fused-ring (bicyclic) bond motifs is 3. The molecule has 0 aliphatic carbocycles. The first-order valence-corrected chi connectivity index (χ1v) is 12.4. The Kier molecular flexibility index (Phi) is 5.23. The molecule has 6 nitrogen and oxygen atoms in total. The summed E-state index contributed by atoms with van der Waals surface area (Å²) in [5.74, 6) is 2.26. The molecule has 34 heavy (non-hydrogen) atoms. The van der Waals surface area contributed by atoms with E-state index in [-0.39, 0.29) is 12.1 Å². The lowest BCUT2D eigenvalue weighted by Crippen LogP contribution is -2.32. The number of thioether (sulfide) groups is 1. The lowest BCUT2D eigenvalue weighted by Gasteiger charge is -2.39. The number of nitrogens with one attached hydrogen (secondary N) is 1. The average Bonchev–Trinajstić information content (AvgIpc) is 3.31. The van der Waals surface area contributed by atoms with E-state index in [1.165, 1.54) is 11.8 Å². The molecule has 0 fully saturated rings. The third-order valence-electron chi connectivity index (χ3n) is 6.13. The maximum atomic E-state index is 6.64. The first-order chi connectivity index (χ1) is 16.7. The molecule has 0 amide bonds. The minimum Gasteiger partial charge on any atom is -0.497 e. The first kappa shape index (κ1) is 21.1. The van der Waals surface area contributed by atoms with E-state index in [1.54, 1.807) is 7.11 Å². The Morgan fingerprint density at radius 2 is 1.82 bits per heavy atom. The monoisotopic (exact) mass is 488 g/mol. The van der Waals surface area contributed by atoms with Gasteiger partial charge in [-0.05, 0) is 47.7 Å². The minimum atomic E-state index is -0.320. The normalized spacial score (nSPS) is 18.3. The Bertz CT molecular complexity index is 1400. The Hall–Kier alpha value is -3.42. The maximum absolute atomic E-state index is 6.64. The van der Waals surface area contributed by atoms with E-state index in [2.05, 4.69) is 29.6 Å². The van der Waals surface area contributed by atoms with Crippen LogP contribution in [0.1, 0.15) is 28.8 Å². The molecule has 0 spiro atoms. The van der Waals surface area contributed by atoms with Crippen molar-refractivity contribution in [3.05, 3.63) is 100 Å². The van der Waals surface area contributed by atoms with Gasteiger partial charge in [-0.3, -0.25) is 0 Å². The molecule has 0 radical (unpaired) electrons.